The van der Waals surface area contributed by atoms with E-state index >= 15 is 0 Å². The van der Waals surface area contributed by atoms with Crippen molar-refractivity contribution in [3.8, 4) is 0 Å². The van der Waals surface area contributed by atoms with Gasteiger partial charge in [0.05, 0.1) is 17.9 Å². The topological polar surface area (TPSA) is 77.5 Å². The number of hydrogen-bond acceptors (Lipinski definition) is 5. The molecule has 4 unspecified atom stereocenters. The lowest BCUT2D eigenvalue weighted by Gasteiger charge is -2.29. The minimum atomic E-state index is -0.188. The van der Waals surface area contributed by atoms with Gasteiger partial charge < -0.3 is 4.74 Å². The van der Waals surface area contributed by atoms with Crippen LogP contribution in [-0.2, 0) is 23.9 Å². The molecule has 0 radical (unpaired) electrons. The molecule has 1 aliphatic heterocycles. The van der Waals surface area contributed by atoms with Crippen LogP contribution in [0.3, 0.4) is 0 Å². The van der Waals surface area contributed by atoms with Crippen LogP contribution in [0.25, 0.3) is 0 Å². The Kier molecular flexibility index (Phi) is 11.0. The molecule has 2 fully saturated rings. The minimum absolute atomic E-state index is 0.0864. The number of ketones is 4. The molecule has 9 heteroatoms. The number of carbonyl (C=O) groups is 4. The Bertz CT molecular complexity index is 994. The van der Waals surface area contributed by atoms with Gasteiger partial charge in [0.15, 0.2) is 23.1 Å². The quantitative estimate of drug-likeness (QED) is 0.208. The Morgan fingerprint density at radius 2 is 1.09 bits per heavy atom. The predicted octanol–water partition coefficient (Wildman–Crippen LogP) is 6.57. The van der Waals surface area contributed by atoms with Crippen LogP contribution in [0.5, 0.6) is 0 Å². The molecule has 5 nitrogen and oxygen atoms in total. The van der Waals surface area contributed by atoms with Gasteiger partial charge in [-0.1, -0.05) is 36.5 Å². The van der Waals surface area contributed by atoms with E-state index in [0.717, 1.165) is 26.1 Å². The van der Waals surface area contributed by atoms with Gasteiger partial charge in [0.2, 0.25) is 0 Å². The number of fused-ring (bicyclic) bond motifs is 5. The molecule has 2 bridgehead atoms. The van der Waals surface area contributed by atoms with Crippen molar-refractivity contribution in [2.75, 3.05) is 13.2 Å². The smallest absolute Gasteiger partial charge is 0.194 e. The SMILES string of the molecule is C1=CCC=C1.C1CCOC1.O=C1C(Br)=C(Br)C(=O)C2C3C=CC(C3)C12.O=C1C=CC(=O)C(Br)=C1Br. The Morgan fingerprint density at radius 1 is 0.657 bits per heavy atom. The lowest BCUT2D eigenvalue weighted by atomic mass is 9.75. The Balaban J connectivity index is 0.000000146. The number of allylic oxidation sites excluding steroid dienone is 12. The van der Waals surface area contributed by atoms with Crippen molar-refractivity contribution in [2.24, 2.45) is 23.7 Å². The zero-order valence-corrected chi connectivity index (χ0v) is 25.1. The molecule has 0 N–H and O–H groups in total. The molecule has 0 spiro atoms. The summed E-state index contributed by atoms with van der Waals surface area (Å²) in [5.74, 6) is 0.144. The highest BCUT2D eigenvalue weighted by molar-refractivity contribution is 9.15. The van der Waals surface area contributed by atoms with Crippen molar-refractivity contribution in [1.29, 1.82) is 0 Å². The summed E-state index contributed by atoms with van der Waals surface area (Å²) in [4.78, 5) is 45.6. The summed E-state index contributed by atoms with van der Waals surface area (Å²) < 4.78 is 6.38. The molecule has 0 aromatic heterocycles. The lowest BCUT2D eigenvalue weighted by Crippen LogP contribution is -2.37. The summed E-state index contributed by atoms with van der Waals surface area (Å²) in [5.41, 5.74) is 0. The lowest BCUT2D eigenvalue weighted by molar-refractivity contribution is -0.129. The van der Waals surface area contributed by atoms with Crippen LogP contribution in [0.1, 0.15) is 25.7 Å². The van der Waals surface area contributed by atoms with Gasteiger partial charge in [-0.3, -0.25) is 19.2 Å². The molecule has 186 valence electrons. The summed E-state index contributed by atoms with van der Waals surface area (Å²) in [6.45, 7) is 2.00. The standard InChI is InChI=1S/C11H8Br2O2.C6H2Br2O2.C5H6.C4H8O/c12-8-9(13)11(15)7-5-2-1-4(3-5)6(7)10(8)14;7-5-3(9)1-2-4(10)6(5)8;2*1-2-4-5-3-1/h1-2,4-7H,3H2;1-2H;1-4H,5H2;1-4H2. The van der Waals surface area contributed by atoms with Crippen LogP contribution in [0.15, 0.2) is 66.5 Å². The van der Waals surface area contributed by atoms with Crippen LogP contribution in [-0.4, -0.2) is 36.3 Å². The van der Waals surface area contributed by atoms with Crippen LogP contribution in [0, 0.1) is 23.7 Å². The van der Waals surface area contributed by atoms with E-state index in [0.29, 0.717) is 17.9 Å². The first-order valence-corrected chi connectivity index (χ1v) is 14.4. The van der Waals surface area contributed by atoms with E-state index in [-0.39, 0.29) is 46.8 Å². The number of carbonyl (C=O) groups excluding carboxylic acids is 4. The van der Waals surface area contributed by atoms with E-state index in [4.69, 9.17) is 4.74 Å². The van der Waals surface area contributed by atoms with Gasteiger partial charge in [0.25, 0.3) is 0 Å². The molecular formula is C26H24Br4O5. The fraction of sp³-hybridized carbons (Fsp3) is 0.385. The maximum Gasteiger partial charge on any atom is 0.194 e. The summed E-state index contributed by atoms with van der Waals surface area (Å²) >= 11 is 12.4. The third-order valence-corrected chi connectivity index (χ3v) is 10.4. The third-order valence-electron chi connectivity index (χ3n) is 6.18. The van der Waals surface area contributed by atoms with Crippen LogP contribution in [0.2, 0.25) is 0 Å². The summed E-state index contributed by atoms with van der Waals surface area (Å²) in [7, 11) is 0. The highest BCUT2D eigenvalue weighted by Gasteiger charge is 2.54. The zero-order chi connectivity index (χ0) is 25.5. The molecular weight excluding hydrogens is 712 g/mol. The molecule has 0 amide bonds. The van der Waals surface area contributed by atoms with Gasteiger partial charge in [-0.25, -0.2) is 0 Å². The third kappa shape index (κ3) is 7.06. The Hall–Kier alpha value is -1.000. The average Bonchev–Trinajstić information content (AvgIpc) is 3.69. The first-order chi connectivity index (χ1) is 16.7. The van der Waals surface area contributed by atoms with E-state index in [1.807, 2.05) is 0 Å². The van der Waals surface area contributed by atoms with Gasteiger partial charge in [0.1, 0.15) is 0 Å². The fourth-order valence-electron chi connectivity index (χ4n) is 4.46. The highest BCUT2D eigenvalue weighted by Crippen LogP contribution is 2.53. The number of halogens is 4. The Labute approximate surface area is 238 Å². The fourth-order valence-corrected chi connectivity index (χ4v) is 6.04. The summed E-state index contributed by atoms with van der Waals surface area (Å²) in [5, 5.41) is 0. The zero-order valence-electron chi connectivity index (χ0n) is 18.7. The molecule has 0 aromatic rings. The maximum atomic E-state index is 12.0. The first-order valence-electron chi connectivity index (χ1n) is 11.3. The van der Waals surface area contributed by atoms with E-state index in [2.05, 4.69) is 100 Å². The van der Waals surface area contributed by atoms with Gasteiger partial charge in [-0.05, 0) is 113 Å². The monoisotopic (exact) mass is 732 g/mol. The highest BCUT2D eigenvalue weighted by atomic mass is 79.9. The normalized spacial score (nSPS) is 29.6. The second-order valence-corrected chi connectivity index (χ2v) is 11.6. The van der Waals surface area contributed by atoms with E-state index in [1.165, 1.54) is 25.0 Å². The van der Waals surface area contributed by atoms with Gasteiger partial charge in [-0.15, -0.1) is 0 Å². The van der Waals surface area contributed by atoms with Gasteiger partial charge in [-0.2, -0.15) is 0 Å². The number of rotatable bonds is 0. The van der Waals surface area contributed by atoms with Crippen molar-refractivity contribution in [2.45, 2.75) is 25.7 Å². The molecule has 1 saturated heterocycles. The van der Waals surface area contributed by atoms with Crippen molar-refractivity contribution in [3.05, 3.63) is 66.5 Å². The first kappa shape index (κ1) is 28.6. The second kappa shape index (κ2) is 13.5. The van der Waals surface area contributed by atoms with E-state index < -0.39 is 0 Å². The second-order valence-electron chi connectivity index (χ2n) is 8.46. The Morgan fingerprint density at radius 3 is 1.40 bits per heavy atom. The summed E-state index contributed by atoms with van der Waals surface area (Å²) in [6, 6.07) is 0. The average molecular weight is 736 g/mol. The van der Waals surface area contributed by atoms with E-state index in [1.54, 1.807) is 0 Å². The largest absolute Gasteiger partial charge is 0.381 e. The molecule has 0 aromatic carbocycles. The van der Waals surface area contributed by atoms with Crippen LogP contribution in [0.4, 0.5) is 0 Å². The van der Waals surface area contributed by atoms with Crippen molar-refractivity contribution in [1.82, 2.24) is 0 Å². The van der Waals surface area contributed by atoms with Crippen LogP contribution >= 0.6 is 63.7 Å². The molecule has 1 heterocycles. The van der Waals surface area contributed by atoms with Crippen LogP contribution < -0.4 is 0 Å². The molecule has 1 saturated carbocycles. The van der Waals surface area contributed by atoms with Crippen molar-refractivity contribution in [3.63, 3.8) is 0 Å². The number of hydrogen-bond donors (Lipinski definition) is 0. The molecule has 6 rings (SSSR count). The van der Waals surface area contributed by atoms with Gasteiger partial charge >= 0.3 is 0 Å². The maximum absolute atomic E-state index is 12.0. The van der Waals surface area contributed by atoms with Gasteiger partial charge in [0, 0.05) is 25.0 Å². The number of Topliss-reactive ketones (excluding diaryl/α,β-unsaturated/α-hetero) is 2. The molecule has 35 heavy (non-hydrogen) atoms. The minimum Gasteiger partial charge on any atom is -0.381 e. The molecule has 4 atom stereocenters. The van der Waals surface area contributed by atoms with Crippen molar-refractivity contribution >= 4 is 86.9 Å². The molecule has 5 aliphatic carbocycles. The predicted molar refractivity (Wildman–Crippen MR) is 150 cm³/mol. The molecule has 6 aliphatic rings. The van der Waals surface area contributed by atoms with Crippen molar-refractivity contribution < 1.29 is 23.9 Å². The summed E-state index contributed by atoms with van der Waals surface area (Å²) in [6.07, 6.45) is 19.7. The van der Waals surface area contributed by atoms with E-state index in [9.17, 15) is 19.2 Å². The number of ether oxygens (including phenoxy) is 1.